The average molecular weight is 304 g/mol. The molecule has 1 atom stereocenters. The van der Waals surface area contributed by atoms with Crippen LogP contribution in [0.2, 0.25) is 0 Å². The second kappa shape index (κ2) is 5.83. The molecular formula is C17H18F2N2O. The van der Waals surface area contributed by atoms with Crippen molar-refractivity contribution >= 4 is 11.4 Å². The minimum absolute atomic E-state index is 0.180. The molecule has 5 heteroatoms. The summed E-state index contributed by atoms with van der Waals surface area (Å²) < 4.78 is 32.1. The summed E-state index contributed by atoms with van der Waals surface area (Å²) >= 11 is 0. The van der Waals surface area contributed by atoms with Crippen molar-refractivity contribution in [1.82, 2.24) is 0 Å². The van der Waals surface area contributed by atoms with Crippen molar-refractivity contribution < 1.29 is 13.5 Å². The van der Waals surface area contributed by atoms with E-state index >= 15 is 0 Å². The van der Waals surface area contributed by atoms with E-state index in [2.05, 4.69) is 17.1 Å². The highest BCUT2D eigenvalue weighted by molar-refractivity contribution is 5.73. The van der Waals surface area contributed by atoms with Crippen molar-refractivity contribution in [1.29, 1.82) is 0 Å². The molecule has 0 saturated heterocycles. The quantitative estimate of drug-likeness (QED) is 0.933. The molecular weight excluding hydrogens is 286 g/mol. The van der Waals surface area contributed by atoms with Gasteiger partial charge in [0, 0.05) is 31.3 Å². The number of rotatable bonds is 3. The fraction of sp³-hybridized carbons (Fsp3) is 0.294. The summed E-state index contributed by atoms with van der Waals surface area (Å²) in [6, 6.07) is 10.4. The normalized spacial score (nSPS) is 16.9. The topological polar surface area (TPSA) is 24.5 Å². The van der Waals surface area contributed by atoms with Gasteiger partial charge in [-0.3, -0.25) is 0 Å². The van der Waals surface area contributed by atoms with Gasteiger partial charge in [0.25, 0.3) is 0 Å². The van der Waals surface area contributed by atoms with Crippen molar-refractivity contribution in [3.05, 3.63) is 53.6 Å². The third kappa shape index (κ3) is 2.71. The van der Waals surface area contributed by atoms with Gasteiger partial charge in [-0.25, -0.2) is 8.78 Å². The number of halogens is 2. The van der Waals surface area contributed by atoms with Gasteiger partial charge in [0.1, 0.15) is 5.75 Å². The van der Waals surface area contributed by atoms with Crippen LogP contribution in [0.25, 0.3) is 0 Å². The van der Waals surface area contributed by atoms with E-state index in [1.165, 1.54) is 12.1 Å². The molecule has 2 aromatic carbocycles. The summed E-state index contributed by atoms with van der Waals surface area (Å²) in [5.74, 6) is -0.856. The van der Waals surface area contributed by atoms with Crippen LogP contribution in [0.5, 0.6) is 5.75 Å². The molecule has 1 N–H and O–H groups in total. The Morgan fingerprint density at radius 2 is 1.86 bits per heavy atom. The van der Waals surface area contributed by atoms with E-state index in [-0.39, 0.29) is 6.04 Å². The average Bonchev–Trinajstić information content (AvgIpc) is 2.53. The van der Waals surface area contributed by atoms with Crippen LogP contribution >= 0.6 is 0 Å². The van der Waals surface area contributed by atoms with Gasteiger partial charge < -0.3 is 15.0 Å². The Balaban J connectivity index is 1.91. The molecule has 3 nitrogen and oxygen atoms in total. The Morgan fingerprint density at radius 1 is 1.18 bits per heavy atom. The lowest BCUT2D eigenvalue weighted by atomic mass is 10.1. The molecule has 2 aromatic rings. The number of hydrogen-bond donors (Lipinski definition) is 1. The van der Waals surface area contributed by atoms with Gasteiger partial charge in [0.15, 0.2) is 11.6 Å². The minimum Gasteiger partial charge on any atom is -0.497 e. The number of ether oxygens (including phenoxy) is 1. The van der Waals surface area contributed by atoms with Crippen molar-refractivity contribution in [2.75, 3.05) is 23.9 Å². The molecule has 1 heterocycles. The molecule has 1 unspecified atom stereocenters. The van der Waals surface area contributed by atoms with E-state index in [9.17, 15) is 8.78 Å². The lowest BCUT2D eigenvalue weighted by Crippen LogP contribution is -2.41. The van der Waals surface area contributed by atoms with Crippen molar-refractivity contribution in [3.8, 4) is 5.75 Å². The van der Waals surface area contributed by atoms with Gasteiger partial charge in [0.2, 0.25) is 0 Å². The number of fused-ring (bicyclic) bond motifs is 1. The first-order chi connectivity index (χ1) is 10.6. The Labute approximate surface area is 128 Å². The monoisotopic (exact) mass is 304 g/mol. The second-order valence-electron chi connectivity index (χ2n) is 5.49. The van der Waals surface area contributed by atoms with E-state index in [4.69, 9.17) is 4.74 Å². The number of methoxy groups -OCH3 is 1. The van der Waals surface area contributed by atoms with Crippen molar-refractivity contribution in [2.45, 2.75) is 19.5 Å². The third-order valence-electron chi connectivity index (χ3n) is 3.98. The first kappa shape index (κ1) is 14.6. The zero-order valence-electron chi connectivity index (χ0n) is 12.6. The molecule has 116 valence electrons. The first-order valence-corrected chi connectivity index (χ1v) is 7.21. The minimum atomic E-state index is -0.829. The molecule has 0 aromatic heterocycles. The highest BCUT2D eigenvalue weighted by atomic mass is 19.2. The summed E-state index contributed by atoms with van der Waals surface area (Å²) in [6.45, 7) is 3.37. The molecule has 0 fully saturated rings. The number of hydrogen-bond acceptors (Lipinski definition) is 3. The maximum Gasteiger partial charge on any atom is 0.161 e. The Hall–Kier alpha value is -2.30. The molecule has 22 heavy (non-hydrogen) atoms. The predicted octanol–water partition coefficient (Wildman–Crippen LogP) is 3.79. The van der Waals surface area contributed by atoms with Crippen molar-refractivity contribution in [2.24, 2.45) is 0 Å². The van der Waals surface area contributed by atoms with Crippen LogP contribution < -0.4 is 15.0 Å². The zero-order chi connectivity index (χ0) is 15.7. The summed E-state index contributed by atoms with van der Waals surface area (Å²) in [6.07, 6.45) is 0. The van der Waals surface area contributed by atoms with Gasteiger partial charge in [-0.1, -0.05) is 12.1 Å². The van der Waals surface area contributed by atoms with E-state index in [0.29, 0.717) is 24.5 Å². The predicted molar refractivity (Wildman–Crippen MR) is 83.5 cm³/mol. The van der Waals surface area contributed by atoms with Crippen LogP contribution in [0.4, 0.5) is 20.2 Å². The lowest BCUT2D eigenvalue weighted by molar-refractivity contribution is 0.414. The van der Waals surface area contributed by atoms with Crippen LogP contribution in [0, 0.1) is 11.6 Å². The van der Waals surface area contributed by atoms with Gasteiger partial charge in [-0.2, -0.15) is 0 Å². The number of benzene rings is 2. The summed E-state index contributed by atoms with van der Waals surface area (Å²) in [5, 5.41) is 3.15. The second-order valence-corrected chi connectivity index (χ2v) is 5.49. The molecule has 0 amide bonds. The SMILES string of the molecule is COc1ccc(CN2c3cc(F)c(F)cc3NCC2C)cc1. The van der Waals surface area contributed by atoms with Crippen LogP contribution in [0.1, 0.15) is 12.5 Å². The molecule has 0 saturated carbocycles. The Bertz CT molecular complexity index is 673. The van der Waals surface area contributed by atoms with Crippen LogP contribution in [0.3, 0.4) is 0 Å². The van der Waals surface area contributed by atoms with Gasteiger partial charge in [-0.05, 0) is 24.6 Å². The summed E-state index contributed by atoms with van der Waals surface area (Å²) in [5.41, 5.74) is 2.41. The van der Waals surface area contributed by atoms with E-state index in [1.54, 1.807) is 7.11 Å². The van der Waals surface area contributed by atoms with E-state index < -0.39 is 11.6 Å². The number of nitrogens with one attached hydrogen (secondary N) is 1. The van der Waals surface area contributed by atoms with Crippen LogP contribution in [-0.4, -0.2) is 19.7 Å². The molecule has 3 rings (SSSR count). The van der Waals surface area contributed by atoms with Gasteiger partial charge in [0.05, 0.1) is 18.5 Å². The number of nitrogens with zero attached hydrogens (tertiary/aromatic N) is 1. The molecule has 0 radical (unpaired) electrons. The summed E-state index contributed by atoms with van der Waals surface area (Å²) in [7, 11) is 1.63. The highest BCUT2D eigenvalue weighted by Crippen LogP contribution is 2.34. The Morgan fingerprint density at radius 3 is 2.55 bits per heavy atom. The summed E-state index contributed by atoms with van der Waals surface area (Å²) in [4.78, 5) is 2.08. The van der Waals surface area contributed by atoms with Crippen LogP contribution in [-0.2, 0) is 6.54 Å². The van der Waals surface area contributed by atoms with E-state index in [1.807, 2.05) is 24.3 Å². The molecule has 0 aliphatic carbocycles. The maximum atomic E-state index is 13.6. The number of anilines is 2. The smallest absolute Gasteiger partial charge is 0.161 e. The lowest BCUT2D eigenvalue weighted by Gasteiger charge is -2.38. The fourth-order valence-corrected chi connectivity index (χ4v) is 2.69. The molecule has 1 aliphatic heterocycles. The van der Waals surface area contributed by atoms with Crippen molar-refractivity contribution in [3.63, 3.8) is 0 Å². The fourth-order valence-electron chi connectivity index (χ4n) is 2.69. The highest BCUT2D eigenvalue weighted by Gasteiger charge is 2.24. The standard InChI is InChI=1S/C17H18F2N2O/c1-11-9-20-16-7-14(18)15(19)8-17(16)21(11)10-12-3-5-13(22-2)6-4-12/h3-8,11,20H,9-10H2,1-2H3. The molecule has 1 aliphatic rings. The maximum absolute atomic E-state index is 13.6. The third-order valence-corrected chi connectivity index (χ3v) is 3.98. The Kier molecular flexibility index (Phi) is 3.88. The zero-order valence-corrected chi connectivity index (χ0v) is 12.6. The molecule has 0 spiro atoms. The largest absolute Gasteiger partial charge is 0.497 e. The first-order valence-electron chi connectivity index (χ1n) is 7.21. The molecule has 0 bridgehead atoms. The van der Waals surface area contributed by atoms with E-state index in [0.717, 1.165) is 11.3 Å². The van der Waals surface area contributed by atoms with Gasteiger partial charge >= 0.3 is 0 Å². The van der Waals surface area contributed by atoms with Crippen LogP contribution in [0.15, 0.2) is 36.4 Å². The van der Waals surface area contributed by atoms with Gasteiger partial charge in [-0.15, -0.1) is 0 Å².